The number of nitrogens with one attached hydrogen (secondary N) is 1. The van der Waals surface area contributed by atoms with Gasteiger partial charge in [-0.1, -0.05) is 0 Å². The SMILES string of the molecule is CNC1CCN(C(=O)c2coc(C)c2)CC1. The van der Waals surface area contributed by atoms with Gasteiger partial charge in [0.15, 0.2) is 0 Å². The largest absolute Gasteiger partial charge is 0.469 e. The summed E-state index contributed by atoms with van der Waals surface area (Å²) < 4.78 is 5.16. The highest BCUT2D eigenvalue weighted by Crippen LogP contribution is 2.15. The smallest absolute Gasteiger partial charge is 0.257 e. The number of aryl methyl sites for hydroxylation is 1. The van der Waals surface area contributed by atoms with E-state index in [2.05, 4.69) is 5.32 Å². The Morgan fingerprint density at radius 2 is 2.19 bits per heavy atom. The van der Waals surface area contributed by atoms with Crippen LogP contribution in [0.25, 0.3) is 0 Å². The highest BCUT2D eigenvalue weighted by molar-refractivity contribution is 5.94. The van der Waals surface area contributed by atoms with Crippen LogP contribution in [0.15, 0.2) is 16.7 Å². The van der Waals surface area contributed by atoms with Crippen molar-refractivity contribution in [3.63, 3.8) is 0 Å². The molecule has 1 aromatic heterocycles. The lowest BCUT2D eigenvalue weighted by atomic mass is 10.0. The maximum absolute atomic E-state index is 12.1. The van der Waals surface area contributed by atoms with Crippen molar-refractivity contribution in [1.29, 1.82) is 0 Å². The highest BCUT2D eigenvalue weighted by atomic mass is 16.3. The molecule has 1 aromatic rings. The number of carbonyl (C=O) groups is 1. The number of rotatable bonds is 2. The van der Waals surface area contributed by atoms with Gasteiger partial charge in [0.05, 0.1) is 5.56 Å². The van der Waals surface area contributed by atoms with Gasteiger partial charge in [-0.15, -0.1) is 0 Å². The van der Waals surface area contributed by atoms with E-state index >= 15 is 0 Å². The molecule has 4 heteroatoms. The third-order valence-electron chi connectivity index (χ3n) is 3.17. The quantitative estimate of drug-likeness (QED) is 0.823. The summed E-state index contributed by atoms with van der Waals surface area (Å²) in [5, 5.41) is 3.25. The van der Waals surface area contributed by atoms with Gasteiger partial charge >= 0.3 is 0 Å². The van der Waals surface area contributed by atoms with E-state index in [0.29, 0.717) is 11.6 Å². The number of furan rings is 1. The summed E-state index contributed by atoms with van der Waals surface area (Å²) in [5.74, 6) is 0.875. The van der Waals surface area contributed by atoms with Crippen LogP contribution in [0.5, 0.6) is 0 Å². The predicted octanol–water partition coefficient (Wildman–Crippen LogP) is 1.41. The van der Waals surface area contributed by atoms with Crippen molar-refractivity contribution in [2.75, 3.05) is 20.1 Å². The van der Waals surface area contributed by atoms with Gasteiger partial charge in [-0.2, -0.15) is 0 Å². The van der Waals surface area contributed by atoms with Gasteiger partial charge in [0.2, 0.25) is 0 Å². The molecule has 0 radical (unpaired) electrons. The Kier molecular flexibility index (Phi) is 3.29. The van der Waals surface area contributed by atoms with E-state index in [1.165, 1.54) is 0 Å². The topological polar surface area (TPSA) is 45.5 Å². The Labute approximate surface area is 95.6 Å². The fourth-order valence-electron chi connectivity index (χ4n) is 2.11. The Bertz CT molecular complexity index is 365. The van der Waals surface area contributed by atoms with E-state index in [9.17, 15) is 4.79 Å². The van der Waals surface area contributed by atoms with E-state index in [1.807, 2.05) is 18.9 Å². The molecule has 0 atom stereocenters. The molecule has 1 N–H and O–H groups in total. The Balaban J connectivity index is 1.96. The van der Waals surface area contributed by atoms with E-state index < -0.39 is 0 Å². The molecule has 0 spiro atoms. The lowest BCUT2D eigenvalue weighted by Crippen LogP contribution is -2.43. The number of likely N-dealkylation sites (tertiary alicyclic amines) is 1. The number of amides is 1. The van der Waals surface area contributed by atoms with Crippen LogP contribution in [0.1, 0.15) is 29.0 Å². The monoisotopic (exact) mass is 222 g/mol. The van der Waals surface area contributed by atoms with Gasteiger partial charge in [0, 0.05) is 19.1 Å². The van der Waals surface area contributed by atoms with Crippen molar-refractivity contribution < 1.29 is 9.21 Å². The van der Waals surface area contributed by atoms with Crippen LogP contribution in [-0.2, 0) is 0 Å². The van der Waals surface area contributed by atoms with E-state index in [0.717, 1.165) is 31.7 Å². The number of carbonyl (C=O) groups excluding carboxylic acids is 1. The summed E-state index contributed by atoms with van der Waals surface area (Å²) in [6, 6.07) is 2.35. The number of nitrogens with zero attached hydrogens (tertiary/aromatic N) is 1. The molecule has 0 saturated carbocycles. The Morgan fingerprint density at radius 1 is 1.50 bits per heavy atom. The van der Waals surface area contributed by atoms with Crippen molar-refractivity contribution in [1.82, 2.24) is 10.2 Å². The summed E-state index contributed by atoms with van der Waals surface area (Å²) in [5.41, 5.74) is 0.667. The lowest BCUT2D eigenvalue weighted by molar-refractivity contribution is 0.0706. The van der Waals surface area contributed by atoms with Gasteiger partial charge in [-0.3, -0.25) is 4.79 Å². The molecular weight excluding hydrogens is 204 g/mol. The summed E-state index contributed by atoms with van der Waals surface area (Å²) in [4.78, 5) is 14.0. The van der Waals surface area contributed by atoms with Crippen molar-refractivity contribution >= 4 is 5.91 Å². The second-order valence-electron chi connectivity index (χ2n) is 4.30. The van der Waals surface area contributed by atoms with Gasteiger partial charge in [-0.25, -0.2) is 0 Å². The minimum Gasteiger partial charge on any atom is -0.469 e. The van der Waals surface area contributed by atoms with Gasteiger partial charge in [0.25, 0.3) is 5.91 Å². The molecule has 1 saturated heterocycles. The molecule has 1 aliphatic heterocycles. The summed E-state index contributed by atoms with van der Waals surface area (Å²) in [7, 11) is 1.97. The van der Waals surface area contributed by atoms with Gasteiger partial charge in [-0.05, 0) is 32.9 Å². The van der Waals surface area contributed by atoms with Gasteiger partial charge < -0.3 is 14.6 Å². The zero-order valence-electron chi connectivity index (χ0n) is 9.82. The second kappa shape index (κ2) is 4.70. The van der Waals surface area contributed by atoms with Gasteiger partial charge in [0.1, 0.15) is 12.0 Å². The van der Waals surface area contributed by atoms with Crippen LogP contribution < -0.4 is 5.32 Å². The Hall–Kier alpha value is -1.29. The zero-order valence-corrected chi connectivity index (χ0v) is 9.82. The first-order valence-electron chi connectivity index (χ1n) is 5.72. The first kappa shape index (κ1) is 11.2. The summed E-state index contributed by atoms with van der Waals surface area (Å²) in [6.07, 6.45) is 3.60. The molecule has 0 bridgehead atoms. The molecule has 0 unspecified atom stereocenters. The van der Waals surface area contributed by atoms with Crippen molar-refractivity contribution in [2.24, 2.45) is 0 Å². The lowest BCUT2D eigenvalue weighted by Gasteiger charge is -2.31. The van der Waals surface area contributed by atoms with Crippen molar-refractivity contribution in [3.05, 3.63) is 23.7 Å². The standard InChI is InChI=1S/C12H18N2O2/c1-9-7-10(8-16-9)12(15)14-5-3-11(13-2)4-6-14/h7-8,11,13H,3-6H2,1-2H3. The van der Waals surface area contributed by atoms with Crippen LogP contribution in [-0.4, -0.2) is 37.0 Å². The van der Waals surface area contributed by atoms with Crippen LogP contribution in [0, 0.1) is 6.92 Å². The van der Waals surface area contributed by atoms with E-state index in [1.54, 1.807) is 12.3 Å². The highest BCUT2D eigenvalue weighted by Gasteiger charge is 2.23. The minimum atomic E-state index is 0.0893. The van der Waals surface area contributed by atoms with E-state index in [4.69, 9.17) is 4.42 Å². The molecule has 4 nitrogen and oxygen atoms in total. The molecule has 1 amide bonds. The average Bonchev–Trinajstić information content (AvgIpc) is 2.75. The number of hydrogen-bond donors (Lipinski definition) is 1. The normalized spacial score (nSPS) is 17.8. The molecular formula is C12H18N2O2. The summed E-state index contributed by atoms with van der Waals surface area (Å²) >= 11 is 0. The number of piperidine rings is 1. The Morgan fingerprint density at radius 3 is 2.69 bits per heavy atom. The molecule has 88 valence electrons. The van der Waals surface area contributed by atoms with Crippen molar-refractivity contribution in [3.8, 4) is 0 Å². The minimum absolute atomic E-state index is 0.0893. The third kappa shape index (κ3) is 2.27. The molecule has 1 fully saturated rings. The first-order valence-corrected chi connectivity index (χ1v) is 5.72. The fourth-order valence-corrected chi connectivity index (χ4v) is 2.11. The molecule has 0 aliphatic carbocycles. The third-order valence-corrected chi connectivity index (χ3v) is 3.17. The fraction of sp³-hybridized carbons (Fsp3) is 0.583. The first-order chi connectivity index (χ1) is 7.70. The van der Waals surface area contributed by atoms with E-state index in [-0.39, 0.29) is 5.91 Å². The van der Waals surface area contributed by atoms with Crippen molar-refractivity contribution in [2.45, 2.75) is 25.8 Å². The molecule has 0 aromatic carbocycles. The average molecular weight is 222 g/mol. The maximum Gasteiger partial charge on any atom is 0.257 e. The predicted molar refractivity (Wildman–Crippen MR) is 61.4 cm³/mol. The molecule has 2 heterocycles. The second-order valence-corrected chi connectivity index (χ2v) is 4.30. The molecule has 16 heavy (non-hydrogen) atoms. The zero-order chi connectivity index (χ0) is 11.5. The van der Waals surface area contributed by atoms with Crippen LogP contribution in [0.4, 0.5) is 0 Å². The van der Waals surface area contributed by atoms with Crippen LogP contribution in [0.2, 0.25) is 0 Å². The van der Waals surface area contributed by atoms with Crippen LogP contribution in [0.3, 0.4) is 0 Å². The molecule has 1 aliphatic rings. The molecule has 2 rings (SSSR count). The number of hydrogen-bond acceptors (Lipinski definition) is 3. The summed E-state index contributed by atoms with van der Waals surface area (Å²) in [6.45, 7) is 3.51. The maximum atomic E-state index is 12.1. The van der Waals surface area contributed by atoms with Crippen LogP contribution >= 0.6 is 0 Å².